The average Bonchev–Trinajstić information content (AvgIpc) is 3.31. The van der Waals surface area contributed by atoms with Gasteiger partial charge in [-0.05, 0) is 64.2 Å². The lowest BCUT2D eigenvalue weighted by Crippen LogP contribution is -2.24. The lowest BCUT2D eigenvalue weighted by Gasteiger charge is -2.29. The molecule has 2 fully saturated rings. The van der Waals surface area contributed by atoms with Crippen LogP contribution in [0.15, 0.2) is 41.6 Å². The van der Waals surface area contributed by atoms with E-state index >= 15 is 4.39 Å². The van der Waals surface area contributed by atoms with Crippen molar-refractivity contribution in [3.8, 4) is 11.3 Å². The molecule has 0 radical (unpaired) electrons. The summed E-state index contributed by atoms with van der Waals surface area (Å²) >= 11 is 6.00. The van der Waals surface area contributed by atoms with E-state index < -0.39 is 5.82 Å². The molecule has 36 heavy (non-hydrogen) atoms. The van der Waals surface area contributed by atoms with Crippen molar-refractivity contribution in [3.63, 3.8) is 0 Å². The lowest BCUT2D eigenvalue weighted by molar-refractivity contribution is 0.00449. The highest BCUT2D eigenvalue weighted by molar-refractivity contribution is 6.30. The summed E-state index contributed by atoms with van der Waals surface area (Å²) in [6.07, 6.45) is 10.7. The van der Waals surface area contributed by atoms with Gasteiger partial charge in [0.2, 0.25) is 0 Å². The molecular formula is C27H27ClFN5O2. The molecule has 3 aromatic heterocycles. The van der Waals surface area contributed by atoms with Crippen molar-refractivity contribution in [2.75, 3.05) is 6.61 Å². The van der Waals surface area contributed by atoms with Crippen molar-refractivity contribution in [1.82, 2.24) is 24.1 Å². The molecule has 1 aliphatic carbocycles. The number of halogens is 2. The van der Waals surface area contributed by atoms with E-state index in [1.807, 2.05) is 6.20 Å². The summed E-state index contributed by atoms with van der Waals surface area (Å²) in [6.45, 7) is 4.10. The summed E-state index contributed by atoms with van der Waals surface area (Å²) < 4.78 is 24.7. The fourth-order valence-electron chi connectivity index (χ4n) is 5.08. The Morgan fingerprint density at radius 3 is 2.72 bits per heavy atom. The number of hydrogen-bond donors (Lipinski definition) is 0. The third-order valence-electron chi connectivity index (χ3n) is 7.63. The SMILES string of the molecule is Cc1nc2c(-c3ccc(Cl)cc3F)nc([C@@H]3CCO[C@H](c4cnn(C5CCC5)c4)C3)cn2c(=O)c1C. The van der Waals surface area contributed by atoms with Gasteiger partial charge in [0.25, 0.3) is 5.56 Å². The minimum Gasteiger partial charge on any atom is -0.373 e. The van der Waals surface area contributed by atoms with Gasteiger partial charge in [0.15, 0.2) is 5.65 Å². The number of benzene rings is 1. The van der Waals surface area contributed by atoms with Crippen molar-refractivity contribution in [2.24, 2.45) is 0 Å². The van der Waals surface area contributed by atoms with Crippen LogP contribution in [0.1, 0.15) is 72.7 Å². The summed E-state index contributed by atoms with van der Waals surface area (Å²) in [4.78, 5) is 22.8. The highest BCUT2D eigenvalue weighted by Crippen LogP contribution is 2.39. The second-order valence-corrected chi connectivity index (χ2v) is 10.3. The van der Waals surface area contributed by atoms with Crippen LogP contribution in [-0.2, 0) is 4.74 Å². The first kappa shape index (κ1) is 23.3. The summed E-state index contributed by atoms with van der Waals surface area (Å²) in [5.41, 5.74) is 3.68. The van der Waals surface area contributed by atoms with Gasteiger partial charge >= 0.3 is 0 Å². The summed E-state index contributed by atoms with van der Waals surface area (Å²) in [5, 5.41) is 4.86. The smallest absolute Gasteiger partial charge is 0.261 e. The van der Waals surface area contributed by atoms with Gasteiger partial charge in [0.05, 0.1) is 24.0 Å². The molecule has 6 rings (SSSR count). The zero-order valence-electron chi connectivity index (χ0n) is 20.2. The maximum absolute atomic E-state index is 15.0. The number of rotatable bonds is 4. The van der Waals surface area contributed by atoms with Gasteiger partial charge in [-0.1, -0.05) is 11.6 Å². The first-order chi connectivity index (χ1) is 17.4. The minimum absolute atomic E-state index is 0.0304. The minimum atomic E-state index is -0.505. The van der Waals surface area contributed by atoms with Gasteiger partial charge in [-0.15, -0.1) is 0 Å². The van der Waals surface area contributed by atoms with Crippen molar-refractivity contribution < 1.29 is 9.13 Å². The first-order valence-corrected chi connectivity index (χ1v) is 12.8. The number of nitrogens with zero attached hydrogens (tertiary/aromatic N) is 5. The highest BCUT2D eigenvalue weighted by Gasteiger charge is 2.30. The molecule has 2 aliphatic rings. The molecule has 7 nitrogen and oxygen atoms in total. The van der Waals surface area contributed by atoms with Gasteiger partial charge < -0.3 is 4.74 Å². The molecule has 9 heteroatoms. The largest absolute Gasteiger partial charge is 0.373 e. The zero-order chi connectivity index (χ0) is 25.0. The quantitative estimate of drug-likeness (QED) is 0.353. The Kier molecular flexibility index (Phi) is 5.88. The Bertz CT molecular complexity index is 1530. The van der Waals surface area contributed by atoms with E-state index in [4.69, 9.17) is 21.3 Å². The second-order valence-electron chi connectivity index (χ2n) is 9.88. The van der Waals surface area contributed by atoms with Gasteiger partial charge in [-0.2, -0.15) is 5.10 Å². The predicted octanol–water partition coefficient (Wildman–Crippen LogP) is 5.72. The molecule has 1 aromatic carbocycles. The highest BCUT2D eigenvalue weighted by atomic mass is 35.5. The van der Waals surface area contributed by atoms with E-state index in [2.05, 4.69) is 21.0 Å². The Labute approximate surface area is 212 Å². The van der Waals surface area contributed by atoms with Crippen LogP contribution in [0.25, 0.3) is 16.9 Å². The third-order valence-corrected chi connectivity index (χ3v) is 7.86. The summed E-state index contributed by atoms with van der Waals surface area (Å²) in [7, 11) is 0. The van der Waals surface area contributed by atoms with E-state index in [1.54, 1.807) is 32.2 Å². The average molecular weight is 508 g/mol. The van der Waals surface area contributed by atoms with Crippen molar-refractivity contribution in [1.29, 1.82) is 0 Å². The number of aromatic nitrogens is 5. The predicted molar refractivity (Wildman–Crippen MR) is 135 cm³/mol. The van der Waals surface area contributed by atoms with Gasteiger partial charge in [-0.25, -0.2) is 14.4 Å². The number of hydrogen-bond acceptors (Lipinski definition) is 5. The maximum atomic E-state index is 15.0. The maximum Gasteiger partial charge on any atom is 0.261 e. The molecular weight excluding hydrogens is 481 g/mol. The molecule has 4 aromatic rings. The molecule has 0 unspecified atom stereocenters. The van der Waals surface area contributed by atoms with Crippen LogP contribution in [0, 0.1) is 19.7 Å². The molecule has 1 saturated carbocycles. The first-order valence-electron chi connectivity index (χ1n) is 12.4. The summed E-state index contributed by atoms with van der Waals surface area (Å²) in [6, 6.07) is 4.95. The van der Waals surface area contributed by atoms with Crippen LogP contribution in [0.2, 0.25) is 5.02 Å². The number of ether oxygens (including phenoxy) is 1. The summed E-state index contributed by atoms with van der Waals surface area (Å²) in [5.74, 6) is -0.474. The van der Waals surface area contributed by atoms with E-state index in [9.17, 15) is 4.79 Å². The molecule has 4 heterocycles. The van der Waals surface area contributed by atoms with Gasteiger partial charge in [-0.3, -0.25) is 13.9 Å². The van der Waals surface area contributed by atoms with Gasteiger partial charge in [0, 0.05) is 52.3 Å². The van der Waals surface area contributed by atoms with Crippen molar-refractivity contribution in [2.45, 2.75) is 64.0 Å². The van der Waals surface area contributed by atoms with E-state index in [0.717, 1.165) is 17.7 Å². The Balaban J connectivity index is 1.43. The Hall–Kier alpha value is -3.10. The van der Waals surface area contributed by atoms with Crippen LogP contribution in [0.5, 0.6) is 0 Å². The van der Waals surface area contributed by atoms with Crippen molar-refractivity contribution >= 4 is 17.2 Å². The molecule has 2 atom stereocenters. The lowest BCUT2D eigenvalue weighted by atomic mass is 9.90. The number of fused-ring (bicyclic) bond motifs is 1. The fraction of sp³-hybridized carbons (Fsp3) is 0.407. The zero-order valence-corrected chi connectivity index (χ0v) is 21.0. The van der Waals surface area contributed by atoms with Crippen LogP contribution in [0.3, 0.4) is 0 Å². The molecule has 1 saturated heterocycles. The Morgan fingerprint density at radius 1 is 1.14 bits per heavy atom. The molecule has 186 valence electrons. The second kappa shape index (κ2) is 9.09. The standard InChI is InChI=1S/C27H27ClFN5O2/c1-15-16(2)31-26-25(21-7-6-19(28)11-22(21)29)32-23(14-33(26)27(15)35)17-8-9-36-24(10-17)18-12-30-34(13-18)20-4-3-5-20/h6-7,11-14,17,20,24H,3-5,8-10H2,1-2H3/t17-,24+/m1/s1. The molecule has 0 bridgehead atoms. The van der Waals surface area contributed by atoms with Crippen molar-refractivity contribution in [3.05, 3.63) is 80.5 Å². The van der Waals surface area contributed by atoms with Gasteiger partial charge in [0.1, 0.15) is 11.5 Å². The molecule has 0 spiro atoms. The van der Waals surface area contributed by atoms with E-state index in [1.165, 1.54) is 29.7 Å². The molecule has 0 N–H and O–H groups in total. The van der Waals surface area contributed by atoms with E-state index in [0.29, 0.717) is 46.7 Å². The van der Waals surface area contributed by atoms with Crippen LogP contribution >= 0.6 is 11.6 Å². The molecule has 0 amide bonds. The molecule has 1 aliphatic heterocycles. The van der Waals surface area contributed by atoms with Crippen LogP contribution in [0.4, 0.5) is 4.39 Å². The monoisotopic (exact) mass is 507 g/mol. The number of aryl methyl sites for hydroxylation is 1. The topological polar surface area (TPSA) is 74.3 Å². The fourth-order valence-corrected chi connectivity index (χ4v) is 5.24. The van der Waals surface area contributed by atoms with Crippen LogP contribution in [-0.4, -0.2) is 30.8 Å². The normalized spacial score (nSPS) is 20.6. The third kappa shape index (κ3) is 4.02. The van der Waals surface area contributed by atoms with Crippen LogP contribution < -0.4 is 5.56 Å². The Morgan fingerprint density at radius 2 is 1.97 bits per heavy atom. The van der Waals surface area contributed by atoms with E-state index in [-0.39, 0.29) is 23.1 Å².